The highest BCUT2D eigenvalue weighted by Crippen LogP contribution is 2.23. The Hall–Kier alpha value is -1.12. The standard InChI is InChI=1S/C13H9ClINO3S/c14-9-1-3-10(4-2-9)16(6-12(17)18)13(19)8-5-11(15)20-7-8/h1-5,7H,6H2,(H,17,18). The van der Waals surface area contributed by atoms with E-state index in [9.17, 15) is 9.59 Å². The van der Waals surface area contributed by atoms with Gasteiger partial charge in [0.2, 0.25) is 0 Å². The highest BCUT2D eigenvalue weighted by atomic mass is 127. The molecule has 4 nitrogen and oxygen atoms in total. The van der Waals surface area contributed by atoms with Crippen LogP contribution in [0.1, 0.15) is 10.4 Å². The average molecular weight is 422 g/mol. The van der Waals surface area contributed by atoms with Crippen LogP contribution in [-0.2, 0) is 4.79 Å². The fourth-order valence-corrected chi connectivity index (χ4v) is 3.06. The number of hydrogen-bond acceptors (Lipinski definition) is 3. The molecule has 1 amide bonds. The molecule has 0 spiro atoms. The van der Waals surface area contributed by atoms with Gasteiger partial charge in [-0.25, -0.2) is 0 Å². The lowest BCUT2D eigenvalue weighted by molar-refractivity contribution is -0.135. The third kappa shape index (κ3) is 3.71. The predicted molar refractivity (Wildman–Crippen MR) is 87.8 cm³/mol. The smallest absolute Gasteiger partial charge is 0.323 e. The van der Waals surface area contributed by atoms with Crippen LogP contribution < -0.4 is 4.90 Å². The average Bonchev–Trinajstić information content (AvgIpc) is 2.83. The molecule has 2 rings (SSSR count). The van der Waals surface area contributed by atoms with Gasteiger partial charge in [-0.2, -0.15) is 0 Å². The first-order valence-corrected chi connectivity index (χ1v) is 7.84. The largest absolute Gasteiger partial charge is 0.480 e. The van der Waals surface area contributed by atoms with E-state index < -0.39 is 12.5 Å². The molecule has 0 unspecified atom stereocenters. The molecule has 0 radical (unpaired) electrons. The number of benzene rings is 1. The number of amides is 1. The summed E-state index contributed by atoms with van der Waals surface area (Å²) < 4.78 is 0.970. The van der Waals surface area contributed by atoms with Gasteiger partial charge in [-0.3, -0.25) is 14.5 Å². The van der Waals surface area contributed by atoms with Gasteiger partial charge in [-0.05, 0) is 52.9 Å². The Bertz CT molecular complexity index is 641. The molecule has 0 aliphatic carbocycles. The summed E-state index contributed by atoms with van der Waals surface area (Å²) in [6.45, 7) is -0.396. The normalized spacial score (nSPS) is 10.3. The summed E-state index contributed by atoms with van der Waals surface area (Å²) in [7, 11) is 0. The molecule has 20 heavy (non-hydrogen) atoms. The van der Waals surface area contributed by atoms with E-state index in [0.717, 1.165) is 2.88 Å². The van der Waals surface area contributed by atoms with Crippen molar-refractivity contribution < 1.29 is 14.7 Å². The van der Waals surface area contributed by atoms with E-state index in [2.05, 4.69) is 22.6 Å². The topological polar surface area (TPSA) is 57.6 Å². The molecule has 0 aliphatic heterocycles. The van der Waals surface area contributed by atoms with Crippen molar-refractivity contribution in [2.24, 2.45) is 0 Å². The lowest BCUT2D eigenvalue weighted by Gasteiger charge is -2.20. The summed E-state index contributed by atoms with van der Waals surface area (Å²) in [6.07, 6.45) is 0. The van der Waals surface area contributed by atoms with Crippen molar-refractivity contribution in [3.8, 4) is 0 Å². The van der Waals surface area contributed by atoms with Crippen LogP contribution in [0.25, 0.3) is 0 Å². The van der Waals surface area contributed by atoms with Crippen molar-refractivity contribution in [2.75, 3.05) is 11.4 Å². The van der Waals surface area contributed by atoms with Crippen molar-refractivity contribution in [3.05, 3.63) is 49.2 Å². The molecule has 1 aromatic heterocycles. The minimum Gasteiger partial charge on any atom is -0.480 e. The number of hydrogen-bond donors (Lipinski definition) is 1. The van der Waals surface area contributed by atoms with E-state index in [0.29, 0.717) is 16.3 Å². The summed E-state index contributed by atoms with van der Waals surface area (Å²) in [5.41, 5.74) is 0.985. The monoisotopic (exact) mass is 421 g/mol. The molecule has 1 heterocycles. The highest BCUT2D eigenvalue weighted by molar-refractivity contribution is 14.1. The third-order valence-electron chi connectivity index (χ3n) is 2.49. The summed E-state index contributed by atoms with van der Waals surface area (Å²) >= 11 is 9.36. The molecule has 0 fully saturated rings. The number of halogens is 2. The van der Waals surface area contributed by atoms with Crippen LogP contribution in [0.2, 0.25) is 5.02 Å². The van der Waals surface area contributed by atoms with E-state index in [4.69, 9.17) is 16.7 Å². The second-order valence-electron chi connectivity index (χ2n) is 3.90. The molecule has 0 bridgehead atoms. The molecule has 104 valence electrons. The van der Waals surface area contributed by atoms with Gasteiger partial charge >= 0.3 is 5.97 Å². The number of nitrogens with zero attached hydrogens (tertiary/aromatic N) is 1. The molecular weight excluding hydrogens is 413 g/mol. The van der Waals surface area contributed by atoms with Gasteiger partial charge in [0.05, 0.1) is 8.45 Å². The zero-order valence-electron chi connectivity index (χ0n) is 10.0. The predicted octanol–water partition coefficient (Wildman–Crippen LogP) is 3.74. The maximum atomic E-state index is 12.4. The Kier molecular flexibility index (Phi) is 5.00. The van der Waals surface area contributed by atoms with Gasteiger partial charge in [0, 0.05) is 16.1 Å². The zero-order valence-corrected chi connectivity index (χ0v) is 13.8. The lowest BCUT2D eigenvalue weighted by Crippen LogP contribution is -2.35. The van der Waals surface area contributed by atoms with Crippen molar-refractivity contribution in [1.29, 1.82) is 0 Å². The molecule has 1 N–H and O–H groups in total. The minimum atomic E-state index is -1.07. The Morgan fingerprint density at radius 3 is 2.45 bits per heavy atom. The number of thiophene rings is 1. The number of carbonyl (C=O) groups excluding carboxylic acids is 1. The molecule has 0 saturated heterocycles. The number of carboxylic acids is 1. The second kappa shape index (κ2) is 6.55. The van der Waals surface area contributed by atoms with Crippen LogP contribution in [0.15, 0.2) is 35.7 Å². The number of rotatable bonds is 4. The quantitative estimate of drug-likeness (QED) is 0.765. The SMILES string of the molecule is O=C(O)CN(C(=O)c1csc(I)c1)c1ccc(Cl)cc1. The maximum absolute atomic E-state index is 12.4. The summed E-state index contributed by atoms with van der Waals surface area (Å²) in [6, 6.07) is 8.23. The Labute approximate surface area is 138 Å². The minimum absolute atomic E-state index is 0.339. The van der Waals surface area contributed by atoms with Crippen molar-refractivity contribution in [2.45, 2.75) is 0 Å². The van der Waals surface area contributed by atoms with Crippen LogP contribution in [0.5, 0.6) is 0 Å². The molecule has 2 aromatic rings. The van der Waals surface area contributed by atoms with E-state index in [1.807, 2.05) is 0 Å². The third-order valence-corrected chi connectivity index (χ3v) is 4.53. The first-order valence-electron chi connectivity index (χ1n) is 5.50. The van der Waals surface area contributed by atoms with E-state index in [1.165, 1.54) is 16.2 Å². The second-order valence-corrected chi connectivity index (χ2v) is 7.14. The first-order chi connectivity index (χ1) is 9.47. The number of carboxylic acid groups (broad SMARTS) is 1. The van der Waals surface area contributed by atoms with Gasteiger partial charge in [-0.1, -0.05) is 11.6 Å². The number of aliphatic carboxylic acids is 1. The van der Waals surface area contributed by atoms with Gasteiger partial charge in [0.25, 0.3) is 5.91 Å². The van der Waals surface area contributed by atoms with Gasteiger partial charge in [0.1, 0.15) is 6.54 Å². The van der Waals surface area contributed by atoms with Gasteiger partial charge in [-0.15, -0.1) is 11.3 Å². The first kappa shape index (κ1) is 15.3. The van der Waals surface area contributed by atoms with E-state index in [-0.39, 0.29) is 5.91 Å². The van der Waals surface area contributed by atoms with Crippen LogP contribution in [0.4, 0.5) is 5.69 Å². The molecule has 0 saturated carbocycles. The lowest BCUT2D eigenvalue weighted by atomic mass is 10.2. The van der Waals surface area contributed by atoms with E-state index >= 15 is 0 Å². The van der Waals surface area contributed by atoms with Crippen LogP contribution in [0.3, 0.4) is 0 Å². The number of carbonyl (C=O) groups is 2. The summed E-state index contributed by atoms with van der Waals surface area (Å²) in [5, 5.41) is 11.2. The fraction of sp³-hybridized carbons (Fsp3) is 0.0769. The highest BCUT2D eigenvalue weighted by Gasteiger charge is 2.21. The maximum Gasteiger partial charge on any atom is 0.323 e. The van der Waals surface area contributed by atoms with Crippen molar-refractivity contribution in [3.63, 3.8) is 0 Å². The summed E-state index contributed by atoms with van der Waals surface area (Å²) in [4.78, 5) is 24.6. The zero-order chi connectivity index (χ0) is 14.7. The molecule has 7 heteroatoms. The van der Waals surface area contributed by atoms with Gasteiger partial charge < -0.3 is 5.11 Å². The van der Waals surface area contributed by atoms with Crippen LogP contribution in [-0.4, -0.2) is 23.5 Å². The van der Waals surface area contributed by atoms with E-state index in [1.54, 1.807) is 35.7 Å². The molecule has 0 aliphatic rings. The molecule has 1 aromatic carbocycles. The Morgan fingerprint density at radius 1 is 1.30 bits per heavy atom. The van der Waals surface area contributed by atoms with Crippen LogP contribution in [0, 0.1) is 2.88 Å². The Morgan fingerprint density at radius 2 is 1.95 bits per heavy atom. The molecule has 0 atom stereocenters. The number of anilines is 1. The summed E-state index contributed by atoms with van der Waals surface area (Å²) in [5.74, 6) is -1.41. The van der Waals surface area contributed by atoms with Crippen molar-refractivity contribution in [1.82, 2.24) is 0 Å². The Balaban J connectivity index is 2.34. The van der Waals surface area contributed by atoms with Crippen molar-refractivity contribution >= 4 is 63.1 Å². The molecular formula is C13H9ClINO3S. The fourth-order valence-electron chi connectivity index (χ4n) is 1.61. The van der Waals surface area contributed by atoms with Gasteiger partial charge in [0.15, 0.2) is 0 Å². The van der Waals surface area contributed by atoms with Crippen LogP contribution >= 0.6 is 45.5 Å².